The zero-order valence-electron chi connectivity index (χ0n) is 13.6. The predicted molar refractivity (Wildman–Crippen MR) is 92.8 cm³/mol. The summed E-state index contributed by atoms with van der Waals surface area (Å²) in [5.41, 5.74) is 1.72. The van der Waals surface area contributed by atoms with Crippen LogP contribution in [0.1, 0.15) is 18.1 Å². The van der Waals surface area contributed by atoms with Crippen LogP contribution in [0.2, 0.25) is 0 Å². The fourth-order valence-corrected chi connectivity index (χ4v) is 4.20. The van der Waals surface area contributed by atoms with E-state index in [1.54, 1.807) is 12.1 Å². The normalized spacial score (nSPS) is 17.0. The molecule has 0 fully saturated rings. The monoisotopic (exact) mass is 347 g/mol. The van der Waals surface area contributed by atoms with E-state index in [1.807, 2.05) is 43.3 Å². The fourth-order valence-electron chi connectivity index (χ4n) is 2.83. The zero-order valence-corrected chi connectivity index (χ0v) is 14.4. The van der Waals surface area contributed by atoms with Crippen LogP contribution in [0, 0.1) is 0 Å². The maximum atomic E-state index is 12.4. The Balaban J connectivity index is 1.68. The van der Waals surface area contributed by atoms with Crippen molar-refractivity contribution in [3.63, 3.8) is 0 Å². The highest BCUT2D eigenvalue weighted by atomic mass is 32.2. The van der Waals surface area contributed by atoms with Gasteiger partial charge in [0.15, 0.2) is 11.5 Å². The lowest BCUT2D eigenvalue weighted by atomic mass is 10.0. The number of ether oxygens (including phenoxy) is 2. The molecule has 5 nitrogen and oxygen atoms in total. The maximum absolute atomic E-state index is 12.4. The quantitative estimate of drug-likeness (QED) is 0.872. The Morgan fingerprint density at radius 1 is 1.17 bits per heavy atom. The minimum absolute atomic E-state index is 0.0316. The third-order valence-corrected chi connectivity index (χ3v) is 5.21. The highest BCUT2D eigenvalue weighted by molar-refractivity contribution is 7.88. The van der Waals surface area contributed by atoms with Gasteiger partial charge in [-0.3, -0.25) is 0 Å². The van der Waals surface area contributed by atoms with E-state index >= 15 is 0 Å². The van der Waals surface area contributed by atoms with Crippen LogP contribution in [0.15, 0.2) is 48.5 Å². The molecular formula is C18H21NO4S. The van der Waals surface area contributed by atoms with Gasteiger partial charge in [0.05, 0.1) is 18.4 Å². The van der Waals surface area contributed by atoms with Crippen molar-refractivity contribution in [3.8, 4) is 11.5 Å². The summed E-state index contributed by atoms with van der Waals surface area (Å²) >= 11 is 0. The van der Waals surface area contributed by atoms with Crippen LogP contribution in [0.25, 0.3) is 0 Å². The Morgan fingerprint density at radius 3 is 2.71 bits per heavy atom. The summed E-state index contributed by atoms with van der Waals surface area (Å²) in [4.78, 5) is 0. The average molecular weight is 347 g/mol. The summed E-state index contributed by atoms with van der Waals surface area (Å²) in [7, 11) is -3.42. The third-order valence-electron chi connectivity index (χ3n) is 3.80. The molecule has 0 bridgehead atoms. The van der Waals surface area contributed by atoms with Gasteiger partial charge < -0.3 is 9.47 Å². The van der Waals surface area contributed by atoms with Crippen molar-refractivity contribution in [2.75, 3.05) is 13.2 Å². The van der Waals surface area contributed by atoms with Crippen LogP contribution >= 0.6 is 0 Å². The van der Waals surface area contributed by atoms with Crippen molar-refractivity contribution < 1.29 is 17.9 Å². The molecule has 0 spiro atoms. The average Bonchev–Trinajstić information content (AvgIpc) is 2.55. The van der Waals surface area contributed by atoms with E-state index in [2.05, 4.69) is 4.72 Å². The van der Waals surface area contributed by atoms with Gasteiger partial charge in [0.25, 0.3) is 0 Å². The Kier molecular flexibility index (Phi) is 5.06. The first kappa shape index (κ1) is 16.8. The molecule has 6 heteroatoms. The van der Waals surface area contributed by atoms with Crippen LogP contribution in [0.3, 0.4) is 0 Å². The Hall–Kier alpha value is -2.05. The van der Waals surface area contributed by atoms with E-state index in [-0.39, 0.29) is 11.8 Å². The number of hydrogen-bond acceptors (Lipinski definition) is 4. The Labute approximate surface area is 142 Å². The van der Waals surface area contributed by atoms with Crippen LogP contribution in [-0.4, -0.2) is 27.7 Å². The van der Waals surface area contributed by atoms with E-state index in [9.17, 15) is 8.42 Å². The van der Waals surface area contributed by atoms with Gasteiger partial charge in [0.1, 0.15) is 6.61 Å². The first-order valence-electron chi connectivity index (χ1n) is 7.99. The van der Waals surface area contributed by atoms with Crippen molar-refractivity contribution in [3.05, 3.63) is 59.7 Å². The van der Waals surface area contributed by atoms with E-state index in [0.29, 0.717) is 25.4 Å². The fraction of sp³-hybridized carbons (Fsp3) is 0.333. The molecule has 1 unspecified atom stereocenters. The molecule has 1 N–H and O–H groups in total. The molecule has 0 saturated carbocycles. The first-order valence-corrected chi connectivity index (χ1v) is 9.64. The van der Waals surface area contributed by atoms with Crippen molar-refractivity contribution >= 4 is 10.0 Å². The molecule has 1 heterocycles. The van der Waals surface area contributed by atoms with Crippen molar-refractivity contribution in [1.29, 1.82) is 0 Å². The second-order valence-corrected chi connectivity index (χ2v) is 7.51. The maximum Gasteiger partial charge on any atom is 0.216 e. The largest absolute Gasteiger partial charge is 0.490 e. The Bertz CT molecular complexity index is 790. The zero-order chi connectivity index (χ0) is 17.0. The van der Waals surface area contributed by atoms with Gasteiger partial charge >= 0.3 is 0 Å². The van der Waals surface area contributed by atoms with Crippen LogP contribution in [0.4, 0.5) is 0 Å². The Morgan fingerprint density at radius 2 is 1.96 bits per heavy atom. The number of sulfonamides is 1. The number of fused-ring (bicyclic) bond motifs is 1. The van der Waals surface area contributed by atoms with Gasteiger partial charge in [-0.2, -0.15) is 0 Å². The molecule has 128 valence electrons. The van der Waals surface area contributed by atoms with E-state index in [0.717, 1.165) is 16.9 Å². The third kappa shape index (κ3) is 4.07. The molecule has 1 atom stereocenters. The standard InChI is InChI=1S/C18H21NO4S/c1-2-22-17-10-6-9-15-11-16(12-23-18(15)17)19-24(20,21)13-14-7-4-3-5-8-14/h3-10,16,19H,2,11-13H2,1H3. The molecule has 0 saturated heterocycles. The lowest BCUT2D eigenvalue weighted by molar-refractivity contribution is 0.233. The van der Waals surface area contributed by atoms with Gasteiger partial charge in [0.2, 0.25) is 10.0 Å². The minimum atomic E-state index is -3.42. The lowest BCUT2D eigenvalue weighted by Gasteiger charge is -2.27. The lowest BCUT2D eigenvalue weighted by Crippen LogP contribution is -2.43. The first-order chi connectivity index (χ1) is 11.6. The van der Waals surface area contributed by atoms with Crippen LogP contribution in [0.5, 0.6) is 11.5 Å². The van der Waals surface area contributed by atoms with Crippen molar-refractivity contribution in [2.45, 2.75) is 25.1 Å². The molecule has 3 rings (SSSR count). The van der Waals surface area contributed by atoms with Gasteiger partial charge in [-0.15, -0.1) is 0 Å². The topological polar surface area (TPSA) is 64.6 Å². The van der Waals surface area contributed by atoms with E-state index in [1.165, 1.54) is 0 Å². The number of nitrogens with one attached hydrogen (secondary N) is 1. The second-order valence-electron chi connectivity index (χ2n) is 5.75. The van der Waals surface area contributed by atoms with E-state index in [4.69, 9.17) is 9.47 Å². The smallest absolute Gasteiger partial charge is 0.216 e. The van der Waals surface area contributed by atoms with E-state index < -0.39 is 10.0 Å². The number of rotatable bonds is 6. The van der Waals surface area contributed by atoms with Gasteiger partial charge in [-0.1, -0.05) is 42.5 Å². The SMILES string of the molecule is CCOc1cccc2c1OCC(NS(=O)(=O)Cc1ccccc1)C2. The van der Waals surface area contributed by atoms with Gasteiger partial charge in [0, 0.05) is 0 Å². The second kappa shape index (κ2) is 7.23. The highest BCUT2D eigenvalue weighted by Crippen LogP contribution is 2.34. The summed E-state index contributed by atoms with van der Waals surface area (Å²) in [5, 5.41) is 0. The number of para-hydroxylation sites is 1. The molecule has 1 aliphatic heterocycles. The molecule has 0 radical (unpaired) electrons. The molecule has 0 aromatic heterocycles. The summed E-state index contributed by atoms with van der Waals surface area (Å²) in [6, 6.07) is 14.6. The number of benzene rings is 2. The van der Waals surface area contributed by atoms with Crippen LogP contribution < -0.4 is 14.2 Å². The highest BCUT2D eigenvalue weighted by Gasteiger charge is 2.26. The molecule has 2 aromatic rings. The van der Waals surface area contributed by atoms with Gasteiger partial charge in [-0.05, 0) is 30.5 Å². The molecule has 1 aliphatic rings. The number of hydrogen-bond donors (Lipinski definition) is 1. The van der Waals surface area contributed by atoms with Crippen molar-refractivity contribution in [2.24, 2.45) is 0 Å². The van der Waals surface area contributed by atoms with Gasteiger partial charge in [-0.25, -0.2) is 13.1 Å². The molecule has 24 heavy (non-hydrogen) atoms. The summed E-state index contributed by atoms with van der Waals surface area (Å²) in [5.74, 6) is 1.40. The minimum Gasteiger partial charge on any atom is -0.490 e. The van der Waals surface area contributed by atoms with Crippen LogP contribution in [-0.2, 0) is 22.2 Å². The summed E-state index contributed by atoms with van der Waals surface area (Å²) in [6.45, 7) is 2.78. The summed E-state index contributed by atoms with van der Waals surface area (Å²) in [6.07, 6.45) is 0.588. The summed E-state index contributed by atoms with van der Waals surface area (Å²) < 4.78 is 38.8. The molecular weight excluding hydrogens is 326 g/mol. The molecule has 0 aliphatic carbocycles. The van der Waals surface area contributed by atoms with Crippen molar-refractivity contribution in [1.82, 2.24) is 4.72 Å². The molecule has 0 amide bonds. The molecule has 2 aromatic carbocycles. The predicted octanol–water partition coefficient (Wildman–Crippen LogP) is 2.51.